The zero-order chi connectivity index (χ0) is 19.6. The average molecular weight is 391 g/mol. The Labute approximate surface area is 156 Å². The van der Waals surface area contributed by atoms with Crippen LogP contribution in [0.3, 0.4) is 0 Å². The second kappa shape index (κ2) is 8.21. The van der Waals surface area contributed by atoms with Crippen LogP contribution in [0.1, 0.15) is 59.6 Å². The van der Waals surface area contributed by atoms with Gasteiger partial charge in [-0.15, -0.1) is 0 Å². The summed E-state index contributed by atoms with van der Waals surface area (Å²) in [6, 6.07) is 4.31. The van der Waals surface area contributed by atoms with Gasteiger partial charge in [0.05, 0.1) is 20.2 Å². The maximum Gasteiger partial charge on any atom is 0.416 e. The molecule has 0 atom stereocenters. The highest BCUT2D eigenvalue weighted by molar-refractivity contribution is 7.80. The maximum absolute atomic E-state index is 13.5. The first-order valence-corrected chi connectivity index (χ1v) is 11.4. The van der Waals surface area contributed by atoms with E-state index in [0.717, 1.165) is 11.3 Å². The highest BCUT2D eigenvalue weighted by atomic mass is 32.1. The standard InChI is InChI=1S/C19H29F3OSSi/c1-8-23-18(24)15-9-16(19(20,21)22)11-17(10-15)25(12(2)3,13(4)5)14(6)7/h9-14H,8H2,1-7H3. The predicted molar refractivity (Wildman–Crippen MR) is 105 cm³/mol. The van der Waals surface area contributed by atoms with Gasteiger partial charge >= 0.3 is 6.18 Å². The van der Waals surface area contributed by atoms with E-state index < -0.39 is 19.8 Å². The summed E-state index contributed by atoms with van der Waals surface area (Å²) < 4.78 is 45.9. The van der Waals surface area contributed by atoms with Gasteiger partial charge in [0, 0.05) is 5.56 Å². The molecule has 0 heterocycles. The lowest BCUT2D eigenvalue weighted by molar-refractivity contribution is -0.137. The summed E-state index contributed by atoms with van der Waals surface area (Å²) in [6.07, 6.45) is -4.41. The molecule has 1 rings (SSSR count). The summed E-state index contributed by atoms with van der Waals surface area (Å²) in [7, 11) is -2.23. The van der Waals surface area contributed by atoms with E-state index in [4.69, 9.17) is 17.0 Å². The van der Waals surface area contributed by atoms with Crippen molar-refractivity contribution >= 4 is 30.5 Å². The van der Waals surface area contributed by atoms with E-state index in [1.54, 1.807) is 6.92 Å². The van der Waals surface area contributed by atoms with Gasteiger partial charge in [0.2, 0.25) is 0 Å². The van der Waals surface area contributed by atoms with Crippen molar-refractivity contribution < 1.29 is 17.9 Å². The summed E-state index contributed by atoms with van der Waals surface area (Å²) in [5.41, 5.74) is 0.653. The van der Waals surface area contributed by atoms with Crippen LogP contribution in [0.2, 0.25) is 16.6 Å². The van der Waals surface area contributed by atoms with Crippen LogP contribution >= 0.6 is 12.2 Å². The molecule has 0 aliphatic carbocycles. The van der Waals surface area contributed by atoms with Crippen LogP contribution in [0.5, 0.6) is 0 Å². The van der Waals surface area contributed by atoms with Gasteiger partial charge in [0.1, 0.15) is 0 Å². The Hall–Kier alpha value is -0.883. The molecule has 0 radical (unpaired) electrons. The third-order valence-corrected chi connectivity index (χ3v) is 12.5. The second-order valence-electron chi connectivity index (χ2n) is 7.41. The molecule has 1 nitrogen and oxygen atoms in total. The minimum atomic E-state index is -4.41. The highest BCUT2D eigenvalue weighted by Crippen LogP contribution is 2.42. The molecule has 0 saturated heterocycles. The van der Waals surface area contributed by atoms with Crippen LogP contribution in [-0.2, 0) is 10.9 Å². The zero-order valence-electron chi connectivity index (χ0n) is 16.1. The summed E-state index contributed by atoms with van der Waals surface area (Å²) in [4.78, 5) is 0. The molecule has 0 aliphatic heterocycles. The van der Waals surface area contributed by atoms with Gasteiger partial charge < -0.3 is 4.74 Å². The molecule has 0 saturated carbocycles. The molecule has 6 heteroatoms. The largest absolute Gasteiger partial charge is 0.483 e. The first-order valence-electron chi connectivity index (χ1n) is 8.78. The second-order valence-corrected chi connectivity index (χ2v) is 13.7. The number of alkyl halides is 3. The van der Waals surface area contributed by atoms with Crippen LogP contribution in [0.25, 0.3) is 0 Å². The molecule has 142 valence electrons. The first-order chi connectivity index (χ1) is 11.4. The number of benzene rings is 1. The number of hydrogen-bond donors (Lipinski definition) is 0. The van der Waals surface area contributed by atoms with Crippen molar-refractivity contribution in [2.45, 2.75) is 71.3 Å². The van der Waals surface area contributed by atoms with Gasteiger partial charge in [-0.2, -0.15) is 13.2 Å². The van der Waals surface area contributed by atoms with Crippen molar-refractivity contribution in [3.8, 4) is 0 Å². The first kappa shape index (κ1) is 22.2. The Kier molecular flexibility index (Phi) is 7.27. The molecule has 1 aromatic rings. The van der Waals surface area contributed by atoms with Crippen LogP contribution in [0.4, 0.5) is 13.2 Å². The Morgan fingerprint density at radius 3 is 1.84 bits per heavy atom. The zero-order valence-corrected chi connectivity index (χ0v) is 17.9. The van der Waals surface area contributed by atoms with Gasteiger partial charge in [0.15, 0.2) is 5.05 Å². The Morgan fingerprint density at radius 1 is 1.00 bits per heavy atom. The number of halogens is 3. The molecule has 25 heavy (non-hydrogen) atoms. The van der Waals surface area contributed by atoms with Crippen LogP contribution in [0.15, 0.2) is 18.2 Å². The number of hydrogen-bond acceptors (Lipinski definition) is 2. The van der Waals surface area contributed by atoms with E-state index in [-0.39, 0.29) is 5.05 Å². The average Bonchev–Trinajstić information content (AvgIpc) is 2.45. The summed E-state index contributed by atoms with van der Waals surface area (Å²) in [6.45, 7) is 14.9. The lowest BCUT2D eigenvalue weighted by atomic mass is 10.1. The van der Waals surface area contributed by atoms with E-state index in [1.165, 1.54) is 6.07 Å². The van der Waals surface area contributed by atoms with Gasteiger partial charge in [-0.3, -0.25) is 0 Å². The van der Waals surface area contributed by atoms with Crippen molar-refractivity contribution in [3.05, 3.63) is 29.3 Å². The summed E-state index contributed by atoms with van der Waals surface area (Å²) >= 11 is 5.21. The van der Waals surface area contributed by atoms with Crippen LogP contribution in [0, 0.1) is 0 Å². The molecular weight excluding hydrogens is 361 g/mol. The maximum atomic E-state index is 13.5. The molecule has 0 N–H and O–H groups in total. The van der Waals surface area contributed by atoms with E-state index in [0.29, 0.717) is 28.8 Å². The third kappa shape index (κ3) is 4.45. The van der Waals surface area contributed by atoms with Crippen molar-refractivity contribution in [1.82, 2.24) is 0 Å². The fourth-order valence-corrected chi connectivity index (χ4v) is 11.4. The molecule has 0 unspecified atom stereocenters. The highest BCUT2D eigenvalue weighted by Gasteiger charge is 2.45. The number of thiocarbonyl (C=S) groups is 1. The predicted octanol–water partition coefficient (Wildman–Crippen LogP) is 6.30. The molecule has 0 aromatic heterocycles. The molecular formula is C19H29F3OSSi. The molecule has 0 spiro atoms. The minimum Gasteiger partial charge on any atom is -0.483 e. The van der Waals surface area contributed by atoms with Gasteiger partial charge in [0.25, 0.3) is 0 Å². The monoisotopic (exact) mass is 390 g/mol. The topological polar surface area (TPSA) is 9.23 Å². The van der Waals surface area contributed by atoms with Crippen LogP contribution < -0.4 is 5.19 Å². The lowest BCUT2D eigenvalue weighted by Crippen LogP contribution is -2.56. The fourth-order valence-electron chi connectivity index (χ4n) is 4.37. The van der Waals surface area contributed by atoms with E-state index in [2.05, 4.69) is 41.5 Å². The van der Waals surface area contributed by atoms with Gasteiger partial charge in [-0.25, -0.2) is 0 Å². The smallest absolute Gasteiger partial charge is 0.416 e. The van der Waals surface area contributed by atoms with Crippen molar-refractivity contribution in [2.24, 2.45) is 0 Å². The summed E-state index contributed by atoms with van der Waals surface area (Å²) in [5, 5.41) is 0.952. The van der Waals surface area contributed by atoms with Crippen molar-refractivity contribution in [3.63, 3.8) is 0 Å². The SMILES string of the molecule is CCOC(=S)c1cc(C(F)(F)F)cc([Si](C(C)C)(C(C)C)C(C)C)c1. The van der Waals surface area contributed by atoms with Crippen LogP contribution in [-0.4, -0.2) is 19.7 Å². The van der Waals surface area contributed by atoms with Gasteiger partial charge in [-0.05, 0) is 41.8 Å². The summed E-state index contributed by atoms with van der Waals surface area (Å²) in [5.74, 6) is 0. The van der Waals surface area contributed by atoms with Gasteiger partial charge in [-0.1, -0.05) is 58.9 Å². The quantitative estimate of drug-likeness (QED) is 0.416. The van der Waals surface area contributed by atoms with Crippen molar-refractivity contribution in [2.75, 3.05) is 6.61 Å². The van der Waals surface area contributed by atoms with E-state index in [1.807, 2.05) is 6.07 Å². The molecule has 0 bridgehead atoms. The number of ether oxygens (including phenoxy) is 1. The minimum absolute atomic E-state index is 0.133. The Morgan fingerprint density at radius 2 is 1.48 bits per heavy atom. The lowest BCUT2D eigenvalue weighted by Gasteiger charge is -2.44. The molecule has 0 amide bonds. The van der Waals surface area contributed by atoms with E-state index in [9.17, 15) is 13.2 Å². The Balaban J connectivity index is 3.76. The molecule has 0 fully saturated rings. The van der Waals surface area contributed by atoms with E-state index >= 15 is 0 Å². The number of rotatable bonds is 6. The third-order valence-electron chi connectivity index (χ3n) is 5.14. The molecule has 0 aliphatic rings. The Bertz CT molecular complexity index is 587. The molecule has 1 aromatic carbocycles. The van der Waals surface area contributed by atoms with Crippen molar-refractivity contribution in [1.29, 1.82) is 0 Å². The fraction of sp³-hybridized carbons (Fsp3) is 0.632. The normalized spacial score (nSPS) is 13.0.